The fraction of sp³-hybridized carbons (Fsp3) is 0.258. The number of carbonyl (C=O) groups excluding carboxylic acids is 2. The van der Waals surface area contributed by atoms with Gasteiger partial charge in [0.05, 0.1) is 5.56 Å². The van der Waals surface area contributed by atoms with Crippen molar-refractivity contribution in [2.45, 2.75) is 37.8 Å². The molecule has 0 saturated carbocycles. The first-order valence-corrected chi connectivity index (χ1v) is 14.0. The number of pyridine rings is 1. The zero-order chi connectivity index (χ0) is 30.1. The number of nitrogen functional groups attached to an aromatic ring is 1. The molecule has 2 N–H and O–H groups in total. The molecule has 3 heterocycles. The van der Waals surface area contributed by atoms with E-state index in [0.29, 0.717) is 32.8 Å². The van der Waals surface area contributed by atoms with Crippen LogP contribution in [0, 0.1) is 0 Å². The lowest BCUT2D eigenvalue weighted by molar-refractivity contribution is -0.136. The number of aromatic nitrogens is 1. The van der Waals surface area contributed by atoms with Crippen LogP contribution in [0.2, 0.25) is 0 Å². The second kappa shape index (κ2) is 11.6. The Morgan fingerprint density at radius 3 is 2.36 bits per heavy atom. The van der Waals surface area contributed by atoms with Gasteiger partial charge < -0.3 is 10.6 Å². The molecule has 5 rings (SSSR count). The number of halogens is 5. The quantitative estimate of drug-likeness (QED) is 0.175. The van der Waals surface area contributed by atoms with Gasteiger partial charge in [-0.25, -0.2) is 13.8 Å². The van der Waals surface area contributed by atoms with Crippen LogP contribution >= 0.6 is 11.3 Å². The van der Waals surface area contributed by atoms with E-state index in [2.05, 4.69) is 4.98 Å². The highest BCUT2D eigenvalue weighted by molar-refractivity contribution is 7.19. The van der Waals surface area contributed by atoms with Crippen molar-refractivity contribution in [3.63, 3.8) is 0 Å². The summed E-state index contributed by atoms with van der Waals surface area (Å²) in [5.74, 6) is -2.98. The number of carbonyl (C=O) groups is 2. The van der Waals surface area contributed by atoms with Gasteiger partial charge in [-0.15, -0.1) is 11.3 Å². The number of ketones is 1. The van der Waals surface area contributed by atoms with Crippen molar-refractivity contribution in [1.82, 2.24) is 9.88 Å². The lowest BCUT2D eigenvalue weighted by Crippen LogP contribution is -2.42. The van der Waals surface area contributed by atoms with E-state index < -0.39 is 30.5 Å². The molecular weight excluding hydrogens is 573 g/mol. The van der Waals surface area contributed by atoms with Gasteiger partial charge in [-0.1, -0.05) is 12.1 Å². The number of allylic oxidation sites excluding steroid dienone is 1. The molecule has 11 heteroatoms. The van der Waals surface area contributed by atoms with Crippen LogP contribution in [0.15, 0.2) is 66.9 Å². The molecule has 0 atom stereocenters. The number of fused-ring (bicyclic) bond motifs is 1. The molecule has 0 radical (unpaired) electrons. The van der Waals surface area contributed by atoms with Crippen LogP contribution in [0.25, 0.3) is 27.3 Å². The van der Waals surface area contributed by atoms with E-state index in [4.69, 9.17) is 5.73 Å². The first-order chi connectivity index (χ1) is 19.9. The van der Waals surface area contributed by atoms with Crippen LogP contribution in [-0.2, 0) is 17.4 Å². The number of hydrogen-bond donors (Lipinski definition) is 1. The van der Waals surface area contributed by atoms with Gasteiger partial charge in [0.15, 0.2) is 5.78 Å². The Bertz CT molecular complexity index is 1630. The first-order valence-electron chi connectivity index (χ1n) is 13.2. The molecule has 4 aromatic rings. The van der Waals surface area contributed by atoms with Gasteiger partial charge in [0.25, 0.3) is 11.8 Å². The molecule has 0 bridgehead atoms. The number of nitrogens with zero attached hydrogens (tertiary/aromatic N) is 2. The SMILES string of the molecule is Nc1ccc(/C=C/C(=O)CCc2cc3cc(-c4ccc(C(=O)N5CCC(F)(F)CC5)cc4)cc(C(F)(F)F)c3s2)cn1. The molecule has 5 nitrogen and oxygen atoms in total. The van der Waals surface area contributed by atoms with E-state index in [1.165, 1.54) is 29.3 Å². The zero-order valence-electron chi connectivity index (χ0n) is 22.3. The van der Waals surface area contributed by atoms with E-state index in [-0.39, 0.29) is 47.9 Å². The Hall–Kier alpha value is -4.12. The van der Waals surface area contributed by atoms with E-state index in [9.17, 15) is 31.5 Å². The normalized spacial score (nSPS) is 15.4. The third kappa shape index (κ3) is 6.84. The highest BCUT2D eigenvalue weighted by atomic mass is 32.1. The largest absolute Gasteiger partial charge is 0.417 e. The number of alkyl halides is 5. The number of thiophene rings is 1. The van der Waals surface area contributed by atoms with Crippen molar-refractivity contribution in [3.05, 3.63) is 88.4 Å². The maximum absolute atomic E-state index is 14.1. The van der Waals surface area contributed by atoms with Crippen LogP contribution in [0.3, 0.4) is 0 Å². The minimum absolute atomic E-state index is 0.0539. The summed E-state index contributed by atoms with van der Waals surface area (Å²) in [7, 11) is 0. The predicted octanol–water partition coefficient (Wildman–Crippen LogP) is 7.65. The molecule has 1 amide bonds. The van der Waals surface area contributed by atoms with Crippen LogP contribution in [0.1, 0.15) is 45.6 Å². The summed E-state index contributed by atoms with van der Waals surface area (Å²) in [5.41, 5.74) is 6.57. The second-order valence-electron chi connectivity index (χ2n) is 10.2. The number of anilines is 1. The highest BCUT2D eigenvalue weighted by Crippen LogP contribution is 2.42. The third-order valence-electron chi connectivity index (χ3n) is 7.11. The van der Waals surface area contributed by atoms with Gasteiger partial charge in [-0.2, -0.15) is 13.2 Å². The Morgan fingerprint density at radius 1 is 1.00 bits per heavy atom. The number of benzene rings is 2. The Morgan fingerprint density at radius 2 is 1.71 bits per heavy atom. The van der Waals surface area contributed by atoms with Crippen molar-refractivity contribution in [1.29, 1.82) is 0 Å². The van der Waals surface area contributed by atoms with E-state index >= 15 is 0 Å². The molecular formula is C31H26F5N3O2S. The molecule has 42 heavy (non-hydrogen) atoms. The van der Waals surface area contributed by atoms with E-state index in [0.717, 1.165) is 17.4 Å². The highest BCUT2D eigenvalue weighted by Gasteiger charge is 2.36. The van der Waals surface area contributed by atoms with Gasteiger partial charge in [0.2, 0.25) is 0 Å². The first kappa shape index (κ1) is 29.4. The number of piperidine rings is 1. The molecule has 1 saturated heterocycles. The summed E-state index contributed by atoms with van der Waals surface area (Å²) < 4.78 is 69.2. The number of hydrogen-bond acceptors (Lipinski definition) is 5. The fourth-order valence-corrected chi connectivity index (χ4v) is 5.94. The summed E-state index contributed by atoms with van der Waals surface area (Å²) in [6.45, 7) is -0.108. The molecule has 2 aromatic heterocycles. The topological polar surface area (TPSA) is 76.3 Å². The van der Waals surface area contributed by atoms with Gasteiger partial charge in [-0.3, -0.25) is 9.59 Å². The molecule has 218 valence electrons. The van der Waals surface area contributed by atoms with Crippen molar-refractivity contribution < 1.29 is 31.5 Å². The second-order valence-corrected chi connectivity index (χ2v) is 11.3. The zero-order valence-corrected chi connectivity index (χ0v) is 23.1. The smallest absolute Gasteiger partial charge is 0.384 e. The molecule has 1 aliphatic rings. The van der Waals surface area contributed by atoms with Gasteiger partial charge in [0, 0.05) is 53.7 Å². The van der Waals surface area contributed by atoms with Crippen LogP contribution < -0.4 is 5.73 Å². The minimum Gasteiger partial charge on any atom is -0.384 e. The number of amides is 1. The monoisotopic (exact) mass is 599 g/mol. The van der Waals surface area contributed by atoms with Crippen LogP contribution in [0.5, 0.6) is 0 Å². The summed E-state index contributed by atoms with van der Waals surface area (Å²) in [6, 6.07) is 13.9. The Labute approximate surface area is 242 Å². The summed E-state index contributed by atoms with van der Waals surface area (Å²) >= 11 is 1.01. The molecule has 2 aromatic carbocycles. The maximum atomic E-state index is 14.1. The summed E-state index contributed by atoms with van der Waals surface area (Å²) in [5, 5.41) is 0.408. The molecule has 0 spiro atoms. The average molecular weight is 600 g/mol. The minimum atomic E-state index is -4.60. The van der Waals surface area contributed by atoms with Gasteiger partial charge >= 0.3 is 6.18 Å². The van der Waals surface area contributed by atoms with E-state index in [1.807, 2.05) is 0 Å². The lowest BCUT2D eigenvalue weighted by atomic mass is 9.99. The predicted molar refractivity (Wildman–Crippen MR) is 153 cm³/mol. The van der Waals surface area contributed by atoms with Crippen LogP contribution in [0.4, 0.5) is 27.8 Å². The number of nitrogens with two attached hydrogens (primary N) is 1. The average Bonchev–Trinajstić information content (AvgIpc) is 3.37. The lowest BCUT2D eigenvalue weighted by Gasteiger charge is -2.31. The number of likely N-dealkylation sites (tertiary alicyclic amines) is 1. The van der Waals surface area contributed by atoms with Crippen molar-refractivity contribution >= 4 is 45.0 Å². The molecule has 1 fully saturated rings. The maximum Gasteiger partial charge on any atom is 0.417 e. The number of aryl methyl sites for hydroxylation is 1. The standard InChI is InChI=1S/C31H26F5N3O2S/c32-30(33)11-13-39(14-12-30)29(41)21-5-3-20(4-6-21)22-15-23-16-25(42-28(23)26(17-22)31(34,35)36)9-8-24(40)7-1-19-2-10-27(37)38-18-19/h1-7,10,15-18H,8-9,11-14H2,(H2,37,38)/b7-1+. The molecule has 0 aliphatic carbocycles. The Balaban J connectivity index is 1.33. The molecule has 0 unspecified atom stereocenters. The fourth-order valence-electron chi connectivity index (χ4n) is 4.77. The van der Waals surface area contributed by atoms with Crippen LogP contribution in [-0.4, -0.2) is 40.6 Å². The van der Waals surface area contributed by atoms with Crippen molar-refractivity contribution in [3.8, 4) is 11.1 Å². The third-order valence-corrected chi connectivity index (χ3v) is 8.35. The van der Waals surface area contributed by atoms with Gasteiger partial charge in [-0.05, 0) is 83.1 Å². The van der Waals surface area contributed by atoms with Gasteiger partial charge in [0.1, 0.15) is 5.82 Å². The van der Waals surface area contributed by atoms with Crippen molar-refractivity contribution in [2.75, 3.05) is 18.8 Å². The summed E-state index contributed by atoms with van der Waals surface area (Å²) in [6.07, 6.45) is -0.429. The van der Waals surface area contributed by atoms with E-state index in [1.54, 1.807) is 42.5 Å². The Kier molecular flexibility index (Phi) is 8.14. The molecule has 1 aliphatic heterocycles. The number of rotatable bonds is 7. The summed E-state index contributed by atoms with van der Waals surface area (Å²) in [4.78, 5) is 31.1. The van der Waals surface area contributed by atoms with Crippen molar-refractivity contribution in [2.24, 2.45) is 0 Å².